The number of cyclic esters (lactones) is 1. The second-order valence-electron chi connectivity index (χ2n) is 3.49. The van der Waals surface area contributed by atoms with Gasteiger partial charge in [0.2, 0.25) is 0 Å². The summed E-state index contributed by atoms with van der Waals surface area (Å²) in [7, 11) is 0. The van der Waals surface area contributed by atoms with Crippen LogP contribution in [0, 0.1) is 0 Å². The van der Waals surface area contributed by atoms with E-state index >= 15 is 0 Å². The molecule has 0 radical (unpaired) electrons. The third-order valence-electron chi connectivity index (χ3n) is 2.17. The predicted octanol–water partition coefficient (Wildman–Crippen LogP) is 2.81. The molecule has 1 aliphatic rings. The van der Waals surface area contributed by atoms with Crippen LogP contribution in [0.5, 0.6) is 0 Å². The van der Waals surface area contributed by atoms with E-state index in [2.05, 4.69) is 4.99 Å². The number of halogens is 2. The van der Waals surface area contributed by atoms with Crippen LogP contribution >= 0.6 is 23.2 Å². The first-order chi connectivity index (χ1) is 8.66. The van der Waals surface area contributed by atoms with Gasteiger partial charge in [0, 0.05) is 0 Å². The molecule has 0 bridgehead atoms. The molecule has 1 heterocycles. The van der Waals surface area contributed by atoms with Crippen molar-refractivity contribution in [3.63, 3.8) is 0 Å². The standard InChI is InChI=1S/C12H9Cl2NO3/c13-10(14)11-15-9(12(16)18-11)7-17-6-8-4-2-1-3-5-8/h1-5H,6-7H2. The highest BCUT2D eigenvalue weighted by Gasteiger charge is 2.25. The minimum absolute atomic E-state index is 0.0539. The third-order valence-corrected chi connectivity index (χ3v) is 2.50. The van der Waals surface area contributed by atoms with Gasteiger partial charge in [0.05, 0.1) is 13.2 Å². The molecule has 0 amide bonds. The van der Waals surface area contributed by atoms with E-state index in [-0.39, 0.29) is 22.7 Å². The lowest BCUT2D eigenvalue weighted by Crippen LogP contribution is -2.16. The minimum Gasteiger partial charge on any atom is -0.400 e. The molecule has 1 aromatic carbocycles. The molecule has 1 aliphatic heterocycles. The van der Waals surface area contributed by atoms with Crippen molar-refractivity contribution in [1.82, 2.24) is 0 Å². The molecule has 0 spiro atoms. The van der Waals surface area contributed by atoms with Crippen molar-refractivity contribution in [2.75, 3.05) is 6.61 Å². The fraction of sp³-hybridized carbons (Fsp3) is 0.167. The fourth-order valence-corrected chi connectivity index (χ4v) is 1.51. The van der Waals surface area contributed by atoms with Gasteiger partial charge >= 0.3 is 5.97 Å². The number of carbonyl (C=O) groups is 1. The number of esters is 1. The quantitative estimate of drug-likeness (QED) is 0.800. The molecule has 2 rings (SSSR count). The molecular formula is C12H9Cl2NO3. The molecule has 18 heavy (non-hydrogen) atoms. The number of nitrogens with zero attached hydrogens (tertiary/aromatic N) is 1. The lowest BCUT2D eigenvalue weighted by atomic mass is 10.2. The topological polar surface area (TPSA) is 47.9 Å². The Morgan fingerprint density at radius 1 is 1.22 bits per heavy atom. The third kappa shape index (κ3) is 3.32. The van der Waals surface area contributed by atoms with E-state index in [1.54, 1.807) is 0 Å². The second kappa shape index (κ2) is 6.00. The summed E-state index contributed by atoms with van der Waals surface area (Å²) in [6, 6.07) is 9.59. The largest absolute Gasteiger partial charge is 0.400 e. The van der Waals surface area contributed by atoms with E-state index in [0.29, 0.717) is 6.61 Å². The zero-order valence-corrected chi connectivity index (χ0v) is 10.7. The van der Waals surface area contributed by atoms with Crippen molar-refractivity contribution in [2.45, 2.75) is 6.61 Å². The number of rotatable bonds is 4. The summed E-state index contributed by atoms with van der Waals surface area (Å²) in [5.41, 5.74) is 1.16. The van der Waals surface area contributed by atoms with E-state index in [4.69, 9.17) is 32.7 Å². The summed E-state index contributed by atoms with van der Waals surface area (Å²) in [6.45, 7) is 0.444. The van der Waals surface area contributed by atoms with Gasteiger partial charge in [-0.25, -0.2) is 9.79 Å². The van der Waals surface area contributed by atoms with Crippen LogP contribution in [0.25, 0.3) is 0 Å². The first-order valence-electron chi connectivity index (χ1n) is 5.13. The van der Waals surface area contributed by atoms with E-state index in [1.807, 2.05) is 30.3 Å². The van der Waals surface area contributed by atoms with Crippen LogP contribution in [-0.2, 0) is 20.9 Å². The second-order valence-corrected chi connectivity index (χ2v) is 4.44. The van der Waals surface area contributed by atoms with Crippen molar-refractivity contribution in [3.8, 4) is 0 Å². The Morgan fingerprint density at radius 2 is 1.94 bits per heavy atom. The molecule has 0 aromatic heterocycles. The van der Waals surface area contributed by atoms with E-state index < -0.39 is 5.97 Å². The van der Waals surface area contributed by atoms with Gasteiger partial charge in [-0.05, 0) is 5.56 Å². The molecule has 0 atom stereocenters. The highest BCUT2D eigenvalue weighted by Crippen LogP contribution is 2.21. The Hall–Kier alpha value is -1.36. The van der Waals surface area contributed by atoms with Crippen LogP contribution < -0.4 is 0 Å². The predicted molar refractivity (Wildman–Crippen MR) is 68.4 cm³/mol. The van der Waals surface area contributed by atoms with Crippen molar-refractivity contribution >= 4 is 34.9 Å². The van der Waals surface area contributed by atoms with Gasteiger partial charge < -0.3 is 9.47 Å². The summed E-state index contributed by atoms with van der Waals surface area (Å²) in [5, 5.41) is 0. The maximum absolute atomic E-state index is 11.3. The molecule has 6 heteroatoms. The molecule has 0 saturated carbocycles. The Balaban J connectivity index is 1.90. The molecule has 0 aliphatic carbocycles. The van der Waals surface area contributed by atoms with Crippen molar-refractivity contribution in [3.05, 3.63) is 46.3 Å². The average molecular weight is 286 g/mol. The summed E-state index contributed by atoms with van der Waals surface area (Å²) < 4.78 is 9.91. The smallest absolute Gasteiger partial charge is 0.362 e. The Morgan fingerprint density at radius 3 is 2.56 bits per heavy atom. The van der Waals surface area contributed by atoms with Gasteiger partial charge in [0.25, 0.3) is 5.88 Å². The van der Waals surface area contributed by atoms with Crippen LogP contribution in [0.4, 0.5) is 0 Å². The summed E-state index contributed by atoms with van der Waals surface area (Å²) in [6.07, 6.45) is 0. The maximum atomic E-state index is 11.3. The number of benzene rings is 1. The zero-order valence-electron chi connectivity index (χ0n) is 9.23. The SMILES string of the molecule is O=C1OC(=C(Cl)Cl)N=C1COCc1ccccc1. The minimum atomic E-state index is -0.586. The molecule has 0 fully saturated rings. The van der Waals surface area contributed by atoms with Gasteiger partial charge in [-0.1, -0.05) is 53.5 Å². The van der Waals surface area contributed by atoms with Crippen LogP contribution in [-0.4, -0.2) is 18.3 Å². The number of aliphatic imine (C=N–C) groups is 1. The van der Waals surface area contributed by atoms with Crippen LogP contribution in [0.15, 0.2) is 45.7 Å². The molecule has 94 valence electrons. The zero-order chi connectivity index (χ0) is 13.0. The first kappa shape index (κ1) is 13.1. The number of hydrogen-bond donors (Lipinski definition) is 0. The molecule has 1 aromatic rings. The highest BCUT2D eigenvalue weighted by atomic mass is 35.5. The Bertz CT molecular complexity index is 507. The van der Waals surface area contributed by atoms with Crippen LogP contribution in [0.1, 0.15) is 5.56 Å². The van der Waals surface area contributed by atoms with Crippen LogP contribution in [0.3, 0.4) is 0 Å². The first-order valence-corrected chi connectivity index (χ1v) is 5.89. The van der Waals surface area contributed by atoms with E-state index in [9.17, 15) is 4.79 Å². The lowest BCUT2D eigenvalue weighted by molar-refractivity contribution is -0.130. The molecule has 0 unspecified atom stereocenters. The van der Waals surface area contributed by atoms with Crippen molar-refractivity contribution in [2.24, 2.45) is 4.99 Å². The number of ether oxygens (including phenoxy) is 2. The fourth-order valence-electron chi connectivity index (χ4n) is 1.35. The van der Waals surface area contributed by atoms with E-state index in [0.717, 1.165) is 5.56 Å². The molecular weight excluding hydrogens is 277 g/mol. The van der Waals surface area contributed by atoms with Gasteiger partial charge in [-0.15, -0.1) is 0 Å². The summed E-state index contributed by atoms with van der Waals surface area (Å²) in [5.74, 6) is -0.668. The Kier molecular flexibility index (Phi) is 4.36. The summed E-state index contributed by atoms with van der Waals surface area (Å²) >= 11 is 10.9. The number of hydrogen-bond acceptors (Lipinski definition) is 4. The maximum Gasteiger partial charge on any atom is 0.362 e. The Labute approximate surface area is 114 Å². The van der Waals surface area contributed by atoms with Crippen molar-refractivity contribution < 1.29 is 14.3 Å². The van der Waals surface area contributed by atoms with Gasteiger partial charge in [0.15, 0.2) is 10.2 Å². The highest BCUT2D eigenvalue weighted by molar-refractivity contribution is 6.56. The monoisotopic (exact) mass is 285 g/mol. The molecule has 4 nitrogen and oxygen atoms in total. The van der Waals surface area contributed by atoms with Gasteiger partial charge in [-0.2, -0.15) is 0 Å². The number of carbonyl (C=O) groups excluding carboxylic acids is 1. The normalized spacial score (nSPS) is 14.4. The molecule has 0 N–H and O–H groups in total. The van der Waals surface area contributed by atoms with E-state index in [1.165, 1.54) is 0 Å². The summed E-state index contributed by atoms with van der Waals surface area (Å²) in [4.78, 5) is 15.2. The lowest BCUT2D eigenvalue weighted by Gasteiger charge is -2.01. The van der Waals surface area contributed by atoms with Crippen molar-refractivity contribution in [1.29, 1.82) is 0 Å². The average Bonchev–Trinajstić information content (AvgIpc) is 2.73. The van der Waals surface area contributed by atoms with Crippen LogP contribution in [0.2, 0.25) is 0 Å². The molecule has 0 saturated heterocycles. The van der Waals surface area contributed by atoms with Gasteiger partial charge in [-0.3, -0.25) is 0 Å². The van der Waals surface area contributed by atoms with Gasteiger partial charge in [0.1, 0.15) is 0 Å².